The van der Waals surface area contributed by atoms with Gasteiger partial charge in [-0.15, -0.1) is 6.58 Å². The van der Waals surface area contributed by atoms with Crippen LogP contribution in [0.2, 0.25) is 0 Å². The van der Waals surface area contributed by atoms with E-state index < -0.39 is 21.9 Å². The first kappa shape index (κ1) is 22.3. The van der Waals surface area contributed by atoms with Gasteiger partial charge in [-0.1, -0.05) is 42.5 Å². The highest BCUT2D eigenvalue weighted by molar-refractivity contribution is 5.73. The van der Waals surface area contributed by atoms with Crippen LogP contribution in [0.5, 0.6) is 11.5 Å². The Kier molecular flexibility index (Phi) is 7.02. The van der Waals surface area contributed by atoms with Crippen molar-refractivity contribution in [2.75, 3.05) is 7.11 Å². The molecule has 9 heteroatoms. The highest BCUT2D eigenvalue weighted by atomic mass is 16.6. The molecular formula is C23H21N3O6. The average Bonchev–Trinajstić information content (AvgIpc) is 2.76. The molecule has 0 spiro atoms. The average molecular weight is 435 g/mol. The highest BCUT2D eigenvalue weighted by Crippen LogP contribution is 2.35. The van der Waals surface area contributed by atoms with E-state index in [0.717, 1.165) is 11.1 Å². The van der Waals surface area contributed by atoms with Gasteiger partial charge in [-0.3, -0.25) is 19.9 Å². The molecule has 164 valence electrons. The summed E-state index contributed by atoms with van der Waals surface area (Å²) in [6.07, 6.45) is 5.04. The van der Waals surface area contributed by atoms with E-state index in [1.807, 2.05) is 41.4 Å². The molecular weight excluding hydrogens is 414 g/mol. The number of nitrogens with one attached hydrogen (secondary N) is 2. The van der Waals surface area contributed by atoms with E-state index >= 15 is 0 Å². The van der Waals surface area contributed by atoms with Crippen molar-refractivity contribution < 1.29 is 14.4 Å². The fourth-order valence-electron chi connectivity index (χ4n) is 3.11. The summed E-state index contributed by atoms with van der Waals surface area (Å²) < 4.78 is 11.5. The molecule has 9 nitrogen and oxygen atoms in total. The van der Waals surface area contributed by atoms with E-state index in [0.29, 0.717) is 30.1 Å². The molecule has 1 aromatic heterocycles. The first-order valence-corrected chi connectivity index (χ1v) is 9.60. The number of methoxy groups -OCH3 is 1. The number of rotatable bonds is 9. The number of aromatic amines is 2. The molecule has 0 saturated heterocycles. The predicted molar refractivity (Wildman–Crippen MR) is 121 cm³/mol. The number of aromatic nitrogens is 2. The zero-order valence-corrected chi connectivity index (χ0v) is 17.3. The molecule has 2 aromatic carbocycles. The minimum atomic E-state index is -1.08. The largest absolute Gasteiger partial charge is 0.493 e. The Morgan fingerprint density at radius 3 is 2.53 bits per heavy atom. The van der Waals surface area contributed by atoms with Crippen molar-refractivity contribution in [1.82, 2.24) is 9.97 Å². The normalized spacial score (nSPS) is 10.8. The van der Waals surface area contributed by atoms with Crippen LogP contribution in [0.3, 0.4) is 0 Å². The summed E-state index contributed by atoms with van der Waals surface area (Å²) in [6, 6.07) is 13.2. The summed E-state index contributed by atoms with van der Waals surface area (Å²) in [5, 5.41) is 11.2. The molecule has 2 N–H and O–H groups in total. The van der Waals surface area contributed by atoms with E-state index in [4.69, 9.17) is 9.47 Å². The molecule has 0 saturated carbocycles. The Morgan fingerprint density at radius 1 is 1.12 bits per heavy atom. The lowest BCUT2D eigenvalue weighted by Crippen LogP contribution is -2.25. The van der Waals surface area contributed by atoms with Crippen LogP contribution in [0.25, 0.3) is 12.2 Å². The van der Waals surface area contributed by atoms with Gasteiger partial charge in [-0.25, -0.2) is 4.79 Å². The van der Waals surface area contributed by atoms with Crippen molar-refractivity contribution >= 4 is 17.8 Å². The van der Waals surface area contributed by atoms with Crippen LogP contribution in [0.15, 0.2) is 64.7 Å². The molecule has 0 radical (unpaired) electrons. The lowest BCUT2D eigenvalue weighted by atomic mass is 10.0. The maximum absolute atomic E-state index is 11.8. The Labute approximate surface area is 182 Å². The van der Waals surface area contributed by atoms with Gasteiger partial charge in [0, 0.05) is 5.56 Å². The number of H-pyrrole nitrogens is 2. The van der Waals surface area contributed by atoms with Crippen molar-refractivity contribution in [2.45, 2.75) is 13.0 Å². The molecule has 0 aliphatic heterocycles. The molecule has 0 aliphatic carbocycles. The molecule has 0 unspecified atom stereocenters. The van der Waals surface area contributed by atoms with Gasteiger partial charge in [-0.05, 0) is 35.8 Å². The maximum atomic E-state index is 11.8. The van der Waals surface area contributed by atoms with Crippen LogP contribution in [0.1, 0.15) is 22.4 Å². The number of nitrogens with zero attached hydrogens (tertiary/aromatic N) is 1. The van der Waals surface area contributed by atoms with Crippen LogP contribution in [0.4, 0.5) is 5.69 Å². The molecule has 3 aromatic rings. The van der Waals surface area contributed by atoms with Crippen LogP contribution in [-0.4, -0.2) is 22.0 Å². The predicted octanol–water partition coefficient (Wildman–Crippen LogP) is 3.46. The molecule has 0 aliphatic rings. The van der Waals surface area contributed by atoms with E-state index in [9.17, 15) is 19.7 Å². The maximum Gasteiger partial charge on any atom is 0.357 e. The van der Waals surface area contributed by atoms with Gasteiger partial charge in [-0.2, -0.15) is 0 Å². The number of hydrogen-bond donors (Lipinski definition) is 2. The summed E-state index contributed by atoms with van der Waals surface area (Å²) in [5.41, 5.74) is -0.458. The number of hydrogen-bond acceptors (Lipinski definition) is 6. The third kappa shape index (κ3) is 5.20. The van der Waals surface area contributed by atoms with Crippen LogP contribution >= 0.6 is 0 Å². The first-order valence-electron chi connectivity index (χ1n) is 9.60. The second kappa shape index (κ2) is 10.1. The monoisotopic (exact) mass is 435 g/mol. The lowest BCUT2D eigenvalue weighted by Gasteiger charge is -2.16. The second-order valence-electron chi connectivity index (χ2n) is 6.74. The van der Waals surface area contributed by atoms with Crippen molar-refractivity contribution in [2.24, 2.45) is 0 Å². The number of benzene rings is 2. The lowest BCUT2D eigenvalue weighted by molar-refractivity contribution is -0.386. The van der Waals surface area contributed by atoms with E-state index in [1.165, 1.54) is 19.3 Å². The number of ether oxygens (including phenoxy) is 2. The summed E-state index contributed by atoms with van der Waals surface area (Å²) in [7, 11) is 1.51. The summed E-state index contributed by atoms with van der Waals surface area (Å²) in [5.74, 6) is 1.03. The zero-order valence-electron chi connectivity index (χ0n) is 17.3. The fraction of sp³-hybridized carbons (Fsp3) is 0.130. The van der Waals surface area contributed by atoms with Gasteiger partial charge < -0.3 is 14.5 Å². The van der Waals surface area contributed by atoms with Gasteiger partial charge in [0.25, 0.3) is 0 Å². The molecule has 0 bridgehead atoms. The van der Waals surface area contributed by atoms with Crippen molar-refractivity contribution in [1.29, 1.82) is 0 Å². The van der Waals surface area contributed by atoms with Gasteiger partial charge >= 0.3 is 16.9 Å². The quantitative estimate of drug-likeness (QED) is 0.301. The Balaban J connectivity index is 1.99. The number of allylic oxidation sites excluding steroid dienone is 1. The fourth-order valence-corrected chi connectivity index (χ4v) is 3.11. The molecule has 1 heterocycles. The Morgan fingerprint density at radius 2 is 1.88 bits per heavy atom. The van der Waals surface area contributed by atoms with Crippen molar-refractivity contribution in [3.63, 3.8) is 0 Å². The molecule has 3 rings (SSSR count). The van der Waals surface area contributed by atoms with Crippen molar-refractivity contribution in [3.8, 4) is 11.5 Å². The molecule has 32 heavy (non-hydrogen) atoms. The smallest absolute Gasteiger partial charge is 0.357 e. The van der Waals surface area contributed by atoms with Gasteiger partial charge in [0.2, 0.25) is 0 Å². The standard InChI is InChI=1S/C23H21N3O6/c1-3-7-17-12-16(10-11-18-20(26(29)30)22(27)25-23(28)24-18)13-19(31-2)21(17)32-14-15-8-5-4-6-9-15/h3-6,8-13H,1,7,14H2,2H3,(H2,24,25,27,28)/b11-10+. The summed E-state index contributed by atoms with van der Waals surface area (Å²) in [4.78, 5) is 37.8. The molecule has 0 amide bonds. The third-order valence-electron chi connectivity index (χ3n) is 4.53. The zero-order chi connectivity index (χ0) is 23.1. The van der Waals surface area contributed by atoms with E-state index in [2.05, 4.69) is 11.6 Å². The number of nitro groups is 1. The van der Waals surface area contributed by atoms with Gasteiger partial charge in [0.1, 0.15) is 12.3 Å². The van der Waals surface area contributed by atoms with E-state index in [-0.39, 0.29) is 5.69 Å². The Bertz CT molecular complexity index is 1280. The highest BCUT2D eigenvalue weighted by Gasteiger charge is 2.19. The topological polar surface area (TPSA) is 127 Å². The van der Waals surface area contributed by atoms with Crippen LogP contribution < -0.4 is 20.7 Å². The van der Waals surface area contributed by atoms with E-state index in [1.54, 1.807) is 12.1 Å². The molecule has 0 atom stereocenters. The van der Waals surface area contributed by atoms with Crippen LogP contribution in [0, 0.1) is 10.1 Å². The van der Waals surface area contributed by atoms with Gasteiger partial charge in [0.15, 0.2) is 11.5 Å². The van der Waals surface area contributed by atoms with Gasteiger partial charge in [0.05, 0.1) is 12.0 Å². The SMILES string of the molecule is C=CCc1cc(/C=C/c2[nH]c(=O)[nH]c(=O)c2[N+](=O)[O-])cc(OC)c1OCc1ccccc1. The van der Waals surface area contributed by atoms with Crippen LogP contribution in [-0.2, 0) is 13.0 Å². The summed E-state index contributed by atoms with van der Waals surface area (Å²) in [6.45, 7) is 4.12. The van der Waals surface area contributed by atoms with Crippen molar-refractivity contribution in [3.05, 3.63) is 108 Å². The molecule has 0 fully saturated rings. The third-order valence-corrected chi connectivity index (χ3v) is 4.53. The minimum absolute atomic E-state index is 0.211. The Hall–Kier alpha value is -4.40. The second-order valence-corrected chi connectivity index (χ2v) is 6.74. The summed E-state index contributed by atoms with van der Waals surface area (Å²) >= 11 is 0. The first-order chi connectivity index (χ1) is 15.4. The minimum Gasteiger partial charge on any atom is -0.493 e.